The minimum atomic E-state index is -4.81. The summed E-state index contributed by atoms with van der Waals surface area (Å²) in [6.45, 7) is 0. The van der Waals surface area contributed by atoms with Gasteiger partial charge in [-0.15, -0.1) is 13.2 Å². The van der Waals surface area contributed by atoms with Crippen molar-refractivity contribution in [3.63, 3.8) is 0 Å². The lowest BCUT2D eigenvalue weighted by Crippen LogP contribution is -2.19. The SMILES string of the molecule is N#Cc1ccnc(OC(F)(F)F)c1CBr. The molecule has 0 aliphatic carbocycles. The Labute approximate surface area is 91.6 Å². The van der Waals surface area contributed by atoms with Crippen LogP contribution >= 0.6 is 15.9 Å². The van der Waals surface area contributed by atoms with Crippen LogP contribution in [0.2, 0.25) is 0 Å². The standard InChI is InChI=1S/C8H4BrF3N2O/c9-3-6-5(4-13)1-2-14-7(6)15-8(10,11)12/h1-2H,3H2. The monoisotopic (exact) mass is 280 g/mol. The highest BCUT2D eigenvalue weighted by Crippen LogP contribution is 2.27. The lowest BCUT2D eigenvalue weighted by Gasteiger charge is -2.11. The number of halogens is 4. The van der Waals surface area contributed by atoms with Gasteiger partial charge in [-0.1, -0.05) is 15.9 Å². The number of nitriles is 1. The van der Waals surface area contributed by atoms with Gasteiger partial charge in [0.1, 0.15) is 0 Å². The van der Waals surface area contributed by atoms with Crippen LogP contribution < -0.4 is 4.74 Å². The average molecular weight is 281 g/mol. The second-order valence-corrected chi connectivity index (χ2v) is 3.00. The number of rotatable bonds is 2. The highest BCUT2D eigenvalue weighted by atomic mass is 79.9. The maximum atomic E-state index is 11.9. The average Bonchev–Trinajstić information content (AvgIpc) is 2.15. The van der Waals surface area contributed by atoms with Gasteiger partial charge in [-0.3, -0.25) is 0 Å². The van der Waals surface area contributed by atoms with Gasteiger partial charge in [0, 0.05) is 17.1 Å². The molecule has 0 bridgehead atoms. The van der Waals surface area contributed by atoms with Crippen molar-refractivity contribution in [3.05, 3.63) is 23.4 Å². The minimum Gasteiger partial charge on any atom is -0.388 e. The van der Waals surface area contributed by atoms with Crippen molar-refractivity contribution in [3.8, 4) is 11.9 Å². The van der Waals surface area contributed by atoms with E-state index in [0.29, 0.717) is 0 Å². The van der Waals surface area contributed by atoms with Gasteiger partial charge in [0.05, 0.1) is 11.6 Å². The van der Waals surface area contributed by atoms with E-state index in [-0.39, 0.29) is 16.5 Å². The molecule has 1 heterocycles. The third-order valence-electron chi connectivity index (χ3n) is 1.48. The summed E-state index contributed by atoms with van der Waals surface area (Å²) in [7, 11) is 0. The van der Waals surface area contributed by atoms with E-state index in [1.54, 1.807) is 6.07 Å². The van der Waals surface area contributed by atoms with Crippen molar-refractivity contribution in [1.29, 1.82) is 5.26 Å². The van der Waals surface area contributed by atoms with E-state index in [4.69, 9.17) is 5.26 Å². The normalized spacial score (nSPS) is 10.9. The Hall–Kier alpha value is -1.29. The van der Waals surface area contributed by atoms with Crippen molar-refractivity contribution < 1.29 is 17.9 Å². The van der Waals surface area contributed by atoms with Gasteiger partial charge in [0.15, 0.2) is 0 Å². The van der Waals surface area contributed by atoms with E-state index in [1.165, 1.54) is 6.07 Å². The fourth-order valence-corrected chi connectivity index (χ4v) is 1.45. The van der Waals surface area contributed by atoms with Gasteiger partial charge in [-0.05, 0) is 6.07 Å². The van der Waals surface area contributed by atoms with E-state index in [9.17, 15) is 13.2 Å². The van der Waals surface area contributed by atoms with Gasteiger partial charge in [-0.25, -0.2) is 4.98 Å². The molecule has 7 heteroatoms. The molecule has 1 aromatic rings. The molecule has 0 N–H and O–H groups in total. The van der Waals surface area contributed by atoms with Gasteiger partial charge in [-0.2, -0.15) is 5.26 Å². The summed E-state index contributed by atoms with van der Waals surface area (Å²) in [5.74, 6) is -0.599. The van der Waals surface area contributed by atoms with E-state index >= 15 is 0 Å². The van der Waals surface area contributed by atoms with Crippen LogP contribution in [0.5, 0.6) is 5.88 Å². The Morgan fingerprint density at radius 1 is 1.53 bits per heavy atom. The van der Waals surface area contributed by atoms with Crippen LogP contribution in [-0.2, 0) is 5.33 Å². The molecular formula is C8H4BrF3N2O. The number of ether oxygens (including phenoxy) is 1. The molecule has 0 aromatic carbocycles. The lowest BCUT2D eigenvalue weighted by molar-refractivity contribution is -0.276. The summed E-state index contributed by atoms with van der Waals surface area (Å²) >= 11 is 2.97. The molecule has 0 aliphatic rings. The van der Waals surface area contributed by atoms with Crippen molar-refractivity contribution in [2.45, 2.75) is 11.7 Å². The van der Waals surface area contributed by atoms with Gasteiger partial charge in [0.25, 0.3) is 0 Å². The Morgan fingerprint density at radius 3 is 2.67 bits per heavy atom. The third-order valence-corrected chi connectivity index (χ3v) is 2.04. The third kappa shape index (κ3) is 3.09. The predicted octanol–water partition coefficient (Wildman–Crippen LogP) is 2.75. The van der Waals surface area contributed by atoms with E-state index in [2.05, 4.69) is 25.7 Å². The highest BCUT2D eigenvalue weighted by molar-refractivity contribution is 9.08. The molecule has 15 heavy (non-hydrogen) atoms. The first-order chi connectivity index (χ1) is 6.98. The Morgan fingerprint density at radius 2 is 2.20 bits per heavy atom. The number of pyridine rings is 1. The zero-order chi connectivity index (χ0) is 11.5. The van der Waals surface area contributed by atoms with Crippen LogP contribution in [0.4, 0.5) is 13.2 Å². The molecule has 0 atom stereocenters. The van der Waals surface area contributed by atoms with Gasteiger partial charge in [0.2, 0.25) is 5.88 Å². The van der Waals surface area contributed by atoms with Crippen molar-refractivity contribution in [2.24, 2.45) is 0 Å². The Bertz CT molecular complexity index is 400. The van der Waals surface area contributed by atoms with Crippen LogP contribution in [0, 0.1) is 11.3 Å². The van der Waals surface area contributed by atoms with Gasteiger partial charge < -0.3 is 4.74 Å². The second-order valence-electron chi connectivity index (χ2n) is 2.44. The summed E-state index contributed by atoms with van der Waals surface area (Å²) in [4.78, 5) is 3.42. The zero-order valence-electron chi connectivity index (χ0n) is 7.18. The topological polar surface area (TPSA) is 45.9 Å². The molecule has 0 unspecified atom stereocenters. The van der Waals surface area contributed by atoms with E-state index < -0.39 is 12.2 Å². The number of hydrogen-bond donors (Lipinski definition) is 0. The summed E-state index contributed by atoms with van der Waals surface area (Å²) in [5, 5.41) is 8.70. The number of nitrogens with zero attached hydrogens (tertiary/aromatic N) is 2. The number of alkyl halides is 4. The molecule has 0 fully saturated rings. The molecule has 1 rings (SSSR count). The van der Waals surface area contributed by atoms with E-state index in [1.807, 2.05) is 0 Å². The van der Waals surface area contributed by atoms with Crippen molar-refractivity contribution >= 4 is 15.9 Å². The summed E-state index contributed by atoms with van der Waals surface area (Å²) in [5.41, 5.74) is 0.179. The molecule has 0 saturated carbocycles. The lowest BCUT2D eigenvalue weighted by atomic mass is 10.2. The van der Waals surface area contributed by atoms with Crippen LogP contribution in [0.3, 0.4) is 0 Å². The van der Waals surface area contributed by atoms with Crippen LogP contribution in [0.1, 0.15) is 11.1 Å². The van der Waals surface area contributed by atoms with Crippen molar-refractivity contribution in [1.82, 2.24) is 4.98 Å². The summed E-state index contributed by atoms with van der Waals surface area (Å²) in [6, 6.07) is 3.07. The van der Waals surface area contributed by atoms with Crippen molar-refractivity contribution in [2.75, 3.05) is 0 Å². The Balaban J connectivity index is 3.14. The van der Waals surface area contributed by atoms with Crippen LogP contribution in [0.15, 0.2) is 12.3 Å². The van der Waals surface area contributed by atoms with Crippen LogP contribution in [0.25, 0.3) is 0 Å². The number of aromatic nitrogens is 1. The first-order valence-corrected chi connectivity index (χ1v) is 4.79. The molecule has 0 radical (unpaired) electrons. The molecule has 3 nitrogen and oxygen atoms in total. The first kappa shape index (κ1) is 11.8. The molecule has 0 aliphatic heterocycles. The first-order valence-electron chi connectivity index (χ1n) is 3.67. The maximum Gasteiger partial charge on any atom is 0.574 e. The second kappa shape index (κ2) is 4.49. The maximum absolute atomic E-state index is 11.9. The fourth-order valence-electron chi connectivity index (χ4n) is 0.905. The quantitative estimate of drug-likeness (QED) is 0.783. The summed E-state index contributed by atoms with van der Waals surface area (Å²) in [6.07, 6.45) is -3.72. The van der Waals surface area contributed by atoms with Crippen LogP contribution in [-0.4, -0.2) is 11.3 Å². The molecular weight excluding hydrogens is 277 g/mol. The molecule has 80 valence electrons. The molecule has 1 aromatic heterocycles. The Kier molecular flexibility index (Phi) is 3.52. The van der Waals surface area contributed by atoms with E-state index in [0.717, 1.165) is 6.20 Å². The largest absolute Gasteiger partial charge is 0.574 e. The van der Waals surface area contributed by atoms with Gasteiger partial charge >= 0.3 is 6.36 Å². The molecule has 0 spiro atoms. The summed E-state index contributed by atoms with van der Waals surface area (Å²) < 4.78 is 39.5. The molecule has 0 saturated heterocycles. The minimum absolute atomic E-state index is 0.0646. The molecule has 0 amide bonds. The predicted molar refractivity (Wildman–Crippen MR) is 48.3 cm³/mol. The number of hydrogen-bond acceptors (Lipinski definition) is 3. The smallest absolute Gasteiger partial charge is 0.388 e. The zero-order valence-corrected chi connectivity index (χ0v) is 8.76. The highest BCUT2D eigenvalue weighted by Gasteiger charge is 2.33. The fraction of sp³-hybridized carbons (Fsp3) is 0.250.